The molecule has 5 rings (SSSR count). The first-order valence-corrected chi connectivity index (χ1v) is 13.8. The van der Waals surface area contributed by atoms with Crippen molar-refractivity contribution in [3.63, 3.8) is 0 Å². The van der Waals surface area contributed by atoms with Crippen molar-refractivity contribution in [3.8, 4) is 0 Å². The van der Waals surface area contributed by atoms with Crippen LogP contribution in [0.2, 0.25) is 10.0 Å². The van der Waals surface area contributed by atoms with Crippen LogP contribution >= 0.6 is 23.2 Å². The molecular weight excluding hydrogens is 520 g/mol. The molecule has 7 nitrogen and oxygen atoms in total. The number of carbonyl (C=O) groups excluding carboxylic acids is 4. The second kappa shape index (κ2) is 10.4. The molecule has 37 heavy (non-hydrogen) atoms. The summed E-state index contributed by atoms with van der Waals surface area (Å²) >= 11 is 12.3. The second-order valence-corrected chi connectivity index (χ2v) is 11.3. The van der Waals surface area contributed by atoms with Crippen LogP contribution < -0.4 is 5.32 Å². The lowest BCUT2D eigenvalue weighted by Crippen LogP contribution is -2.53. The maximum absolute atomic E-state index is 14.1. The summed E-state index contributed by atoms with van der Waals surface area (Å²) in [5.74, 6) is -1.46. The zero-order valence-electron chi connectivity index (χ0n) is 20.6. The van der Waals surface area contributed by atoms with Crippen molar-refractivity contribution >= 4 is 57.5 Å². The normalized spacial score (nSPS) is 26.1. The highest BCUT2D eigenvalue weighted by Crippen LogP contribution is 2.43. The molecule has 1 saturated heterocycles. The summed E-state index contributed by atoms with van der Waals surface area (Å²) in [6.07, 6.45) is 5.31. The number of benzene rings is 1. The number of nitrogens with one attached hydrogen (secondary N) is 2. The summed E-state index contributed by atoms with van der Waals surface area (Å²) in [5, 5.41) is 3.19. The third-order valence-electron chi connectivity index (χ3n) is 8.41. The van der Waals surface area contributed by atoms with E-state index in [2.05, 4.69) is 10.3 Å². The summed E-state index contributed by atoms with van der Waals surface area (Å²) in [5.41, 5.74) is 0.520. The zero-order valence-corrected chi connectivity index (χ0v) is 22.1. The fourth-order valence-electron chi connectivity index (χ4n) is 6.51. The Hall–Kier alpha value is -2.45. The van der Waals surface area contributed by atoms with Gasteiger partial charge in [0.15, 0.2) is 5.78 Å². The van der Waals surface area contributed by atoms with Crippen molar-refractivity contribution in [1.82, 2.24) is 15.2 Å². The predicted octanol–water partition coefficient (Wildman–Crippen LogP) is 5.08. The monoisotopic (exact) mass is 549 g/mol. The number of aromatic nitrogens is 1. The van der Waals surface area contributed by atoms with Gasteiger partial charge in [0, 0.05) is 30.7 Å². The number of rotatable bonds is 7. The van der Waals surface area contributed by atoms with Gasteiger partial charge >= 0.3 is 0 Å². The third-order valence-corrected chi connectivity index (χ3v) is 9.09. The van der Waals surface area contributed by atoms with Gasteiger partial charge in [-0.15, -0.1) is 0 Å². The lowest BCUT2D eigenvalue weighted by Gasteiger charge is -2.29. The van der Waals surface area contributed by atoms with Crippen LogP contribution in [0.3, 0.4) is 0 Å². The SMILES string of the molecule is CCC(=O)[C@H](C[C@@H]1CCCC1=O)NC(=O)[C@@H]1[C@H]2CCC[C@H]2CN1C(=O)c1cc2c(Cl)c(F)cc(Cl)c2[nH]1. The maximum Gasteiger partial charge on any atom is 0.271 e. The number of hydrogen-bond donors (Lipinski definition) is 2. The molecule has 3 fully saturated rings. The molecule has 2 amide bonds. The lowest BCUT2D eigenvalue weighted by molar-refractivity contribution is -0.131. The average molecular weight is 550 g/mol. The molecule has 2 saturated carbocycles. The molecule has 3 aliphatic rings. The minimum Gasteiger partial charge on any atom is -0.349 e. The van der Waals surface area contributed by atoms with E-state index in [4.69, 9.17) is 23.2 Å². The van der Waals surface area contributed by atoms with Crippen molar-refractivity contribution in [3.05, 3.63) is 33.7 Å². The summed E-state index contributed by atoms with van der Waals surface area (Å²) in [7, 11) is 0. The highest BCUT2D eigenvalue weighted by molar-refractivity contribution is 6.40. The van der Waals surface area contributed by atoms with Gasteiger partial charge in [-0.1, -0.05) is 36.5 Å². The van der Waals surface area contributed by atoms with E-state index in [1.807, 2.05) is 0 Å². The molecule has 5 atom stereocenters. The van der Waals surface area contributed by atoms with Crippen LogP contribution in [0.5, 0.6) is 0 Å². The van der Waals surface area contributed by atoms with Crippen LogP contribution in [-0.2, 0) is 14.4 Å². The summed E-state index contributed by atoms with van der Waals surface area (Å²) < 4.78 is 14.1. The molecule has 1 aliphatic heterocycles. The first-order valence-electron chi connectivity index (χ1n) is 13.0. The van der Waals surface area contributed by atoms with Crippen LogP contribution in [0, 0.1) is 23.6 Å². The quantitative estimate of drug-likeness (QED) is 0.470. The summed E-state index contributed by atoms with van der Waals surface area (Å²) in [6, 6.07) is 1.07. The van der Waals surface area contributed by atoms with E-state index in [0.717, 1.165) is 38.2 Å². The maximum atomic E-state index is 14.1. The predicted molar refractivity (Wildman–Crippen MR) is 138 cm³/mol. The molecule has 2 aromatic rings. The number of halogens is 3. The van der Waals surface area contributed by atoms with Crippen LogP contribution in [0.15, 0.2) is 12.1 Å². The van der Waals surface area contributed by atoms with Gasteiger partial charge in [-0.3, -0.25) is 19.2 Å². The standard InChI is InChI=1S/C27H30Cl2FN3O4/c1-2-21(34)19(9-13-5-4-8-22(13)35)32-26(36)25-15-7-3-6-14(15)12-33(25)27(37)20-10-16-23(29)18(30)11-17(28)24(16)31-20/h10-11,13-15,19,25,31H,2-9,12H2,1H3,(H,32,36)/t13-,14-,15-,19-,25-/m0/s1. The van der Waals surface area contributed by atoms with Gasteiger partial charge in [0.1, 0.15) is 23.3 Å². The molecule has 0 spiro atoms. The van der Waals surface area contributed by atoms with Gasteiger partial charge < -0.3 is 15.2 Å². The number of hydrogen-bond acceptors (Lipinski definition) is 4. The van der Waals surface area contributed by atoms with Crippen molar-refractivity contribution in [2.75, 3.05) is 6.54 Å². The van der Waals surface area contributed by atoms with E-state index in [1.54, 1.807) is 11.8 Å². The Balaban J connectivity index is 1.41. The Kier molecular flexibility index (Phi) is 7.33. The molecule has 0 unspecified atom stereocenters. The van der Waals surface area contributed by atoms with Crippen molar-refractivity contribution in [1.29, 1.82) is 0 Å². The molecule has 0 bridgehead atoms. The van der Waals surface area contributed by atoms with E-state index in [-0.39, 0.29) is 57.4 Å². The van der Waals surface area contributed by atoms with E-state index < -0.39 is 23.8 Å². The van der Waals surface area contributed by atoms with Gasteiger partial charge in [0.05, 0.1) is 21.6 Å². The number of fused-ring (bicyclic) bond motifs is 2. The van der Waals surface area contributed by atoms with Gasteiger partial charge in [0.2, 0.25) is 5.91 Å². The number of ketones is 2. The number of carbonyl (C=O) groups is 4. The van der Waals surface area contributed by atoms with E-state index in [0.29, 0.717) is 30.3 Å². The smallest absolute Gasteiger partial charge is 0.271 e. The van der Waals surface area contributed by atoms with E-state index >= 15 is 0 Å². The fraction of sp³-hybridized carbons (Fsp3) is 0.556. The number of Topliss-reactive ketones (excluding diaryl/α,β-unsaturated/α-hetero) is 2. The minimum absolute atomic E-state index is 0.0107. The number of aromatic amines is 1. The highest BCUT2D eigenvalue weighted by atomic mass is 35.5. The van der Waals surface area contributed by atoms with Crippen molar-refractivity contribution < 1.29 is 23.6 Å². The first kappa shape index (κ1) is 26.2. The number of H-pyrrole nitrogens is 1. The van der Waals surface area contributed by atoms with Crippen molar-refractivity contribution in [2.45, 2.75) is 70.4 Å². The molecule has 0 radical (unpaired) electrons. The molecule has 1 aromatic heterocycles. The molecule has 2 heterocycles. The minimum atomic E-state index is -0.754. The number of amides is 2. The molecule has 198 valence electrons. The van der Waals surface area contributed by atoms with E-state index in [9.17, 15) is 23.6 Å². The Morgan fingerprint density at radius 3 is 2.68 bits per heavy atom. The fourth-order valence-corrected chi connectivity index (χ4v) is 6.96. The third kappa shape index (κ3) is 4.78. The Bertz CT molecular complexity index is 1280. The number of likely N-dealkylation sites (tertiary alicyclic amines) is 1. The van der Waals surface area contributed by atoms with Gasteiger partial charge in [0.25, 0.3) is 5.91 Å². The van der Waals surface area contributed by atoms with Crippen LogP contribution in [0.4, 0.5) is 4.39 Å². The van der Waals surface area contributed by atoms with E-state index in [1.165, 1.54) is 6.07 Å². The second-order valence-electron chi connectivity index (χ2n) is 10.6. The zero-order chi connectivity index (χ0) is 26.4. The summed E-state index contributed by atoms with van der Waals surface area (Å²) in [6.45, 7) is 2.16. The first-order chi connectivity index (χ1) is 17.7. The highest BCUT2D eigenvalue weighted by Gasteiger charge is 2.50. The Morgan fingerprint density at radius 2 is 1.97 bits per heavy atom. The Morgan fingerprint density at radius 1 is 1.19 bits per heavy atom. The Labute approximate surface area is 224 Å². The van der Waals surface area contributed by atoms with Crippen LogP contribution in [0.25, 0.3) is 10.9 Å². The van der Waals surface area contributed by atoms with Gasteiger partial charge in [-0.25, -0.2) is 4.39 Å². The summed E-state index contributed by atoms with van der Waals surface area (Å²) in [4.78, 5) is 56.9. The molecular formula is C27H30Cl2FN3O4. The van der Waals surface area contributed by atoms with Crippen molar-refractivity contribution in [2.24, 2.45) is 17.8 Å². The van der Waals surface area contributed by atoms with Crippen LogP contribution in [0.1, 0.15) is 68.8 Å². The van der Waals surface area contributed by atoms with Gasteiger partial charge in [-0.2, -0.15) is 0 Å². The lowest BCUT2D eigenvalue weighted by atomic mass is 9.91. The largest absolute Gasteiger partial charge is 0.349 e. The molecule has 10 heteroatoms. The molecule has 2 N–H and O–H groups in total. The molecule has 1 aromatic carbocycles. The molecule has 2 aliphatic carbocycles. The van der Waals surface area contributed by atoms with Gasteiger partial charge in [-0.05, 0) is 56.1 Å². The van der Waals surface area contributed by atoms with Crippen LogP contribution in [-0.4, -0.2) is 51.9 Å². The number of nitrogens with zero attached hydrogens (tertiary/aromatic N) is 1. The topological polar surface area (TPSA) is 99.3 Å². The average Bonchev–Trinajstić information content (AvgIpc) is 3.65.